The normalized spacial score (nSPS) is 9.57. The van der Waals surface area contributed by atoms with Gasteiger partial charge in [-0.15, -0.1) is 0 Å². The SMILES string of the molecule is CC.Cc1cc([N+](=O)[O-])ccc1Oc1ccc(C(=O)O)c(C)c1. The lowest BCUT2D eigenvalue weighted by atomic mass is 10.1. The monoisotopic (exact) mass is 317 g/mol. The second kappa shape index (κ2) is 7.93. The lowest BCUT2D eigenvalue weighted by molar-refractivity contribution is -0.384. The van der Waals surface area contributed by atoms with Crippen LogP contribution < -0.4 is 4.74 Å². The Bertz CT molecular complexity index is 725. The van der Waals surface area contributed by atoms with E-state index in [-0.39, 0.29) is 11.3 Å². The van der Waals surface area contributed by atoms with E-state index in [1.807, 2.05) is 13.8 Å². The summed E-state index contributed by atoms with van der Waals surface area (Å²) in [5, 5.41) is 19.6. The first-order valence-electron chi connectivity index (χ1n) is 7.15. The summed E-state index contributed by atoms with van der Waals surface area (Å²) in [5.41, 5.74) is 1.42. The summed E-state index contributed by atoms with van der Waals surface area (Å²) in [4.78, 5) is 21.2. The third-order valence-electron chi connectivity index (χ3n) is 3.03. The maximum Gasteiger partial charge on any atom is 0.335 e. The number of benzene rings is 2. The van der Waals surface area contributed by atoms with Gasteiger partial charge in [-0.25, -0.2) is 4.79 Å². The van der Waals surface area contributed by atoms with Crippen molar-refractivity contribution in [1.82, 2.24) is 0 Å². The average molecular weight is 317 g/mol. The zero-order chi connectivity index (χ0) is 17.6. The van der Waals surface area contributed by atoms with Crippen molar-refractivity contribution in [2.75, 3.05) is 0 Å². The maximum absolute atomic E-state index is 10.9. The molecule has 0 aromatic heterocycles. The Kier molecular flexibility index (Phi) is 6.26. The molecule has 0 bridgehead atoms. The number of ether oxygens (including phenoxy) is 1. The topological polar surface area (TPSA) is 89.7 Å². The fourth-order valence-corrected chi connectivity index (χ4v) is 1.93. The van der Waals surface area contributed by atoms with Crippen LogP contribution in [-0.4, -0.2) is 16.0 Å². The minimum Gasteiger partial charge on any atom is -0.478 e. The molecule has 0 unspecified atom stereocenters. The van der Waals surface area contributed by atoms with Crippen molar-refractivity contribution in [3.63, 3.8) is 0 Å². The minimum atomic E-state index is -0.995. The standard InChI is InChI=1S/C15H13NO5.C2H6/c1-9-8-12(4-5-13(9)15(17)18)21-14-6-3-11(16(19)20)7-10(14)2;1-2/h3-8H,1-2H3,(H,17,18);1-2H3. The van der Waals surface area contributed by atoms with E-state index in [4.69, 9.17) is 9.84 Å². The van der Waals surface area contributed by atoms with Crippen molar-refractivity contribution < 1.29 is 19.6 Å². The summed E-state index contributed by atoms with van der Waals surface area (Å²) in [6, 6.07) is 8.94. The summed E-state index contributed by atoms with van der Waals surface area (Å²) in [7, 11) is 0. The number of nitro groups is 1. The molecule has 0 aliphatic heterocycles. The predicted octanol–water partition coefficient (Wildman–Crippen LogP) is 4.73. The summed E-state index contributed by atoms with van der Waals surface area (Å²) in [6.45, 7) is 7.39. The van der Waals surface area contributed by atoms with Crippen molar-refractivity contribution in [3.8, 4) is 11.5 Å². The molecule has 0 saturated heterocycles. The van der Waals surface area contributed by atoms with E-state index in [1.54, 1.807) is 26.0 Å². The van der Waals surface area contributed by atoms with Crippen LogP contribution >= 0.6 is 0 Å². The van der Waals surface area contributed by atoms with Crippen LogP contribution in [0.4, 0.5) is 5.69 Å². The molecular weight excluding hydrogens is 298 g/mol. The molecule has 2 aromatic rings. The van der Waals surface area contributed by atoms with Gasteiger partial charge >= 0.3 is 5.97 Å². The van der Waals surface area contributed by atoms with E-state index >= 15 is 0 Å². The van der Waals surface area contributed by atoms with Gasteiger partial charge in [0.1, 0.15) is 11.5 Å². The number of carboxylic acids is 1. The van der Waals surface area contributed by atoms with Crippen LogP contribution in [-0.2, 0) is 0 Å². The van der Waals surface area contributed by atoms with Gasteiger partial charge in [-0.3, -0.25) is 10.1 Å². The molecule has 23 heavy (non-hydrogen) atoms. The highest BCUT2D eigenvalue weighted by Gasteiger charge is 2.11. The van der Waals surface area contributed by atoms with E-state index in [2.05, 4.69) is 0 Å². The highest BCUT2D eigenvalue weighted by Crippen LogP contribution is 2.29. The molecule has 122 valence electrons. The Hall–Kier alpha value is -2.89. The molecule has 0 atom stereocenters. The first-order chi connectivity index (χ1) is 10.9. The van der Waals surface area contributed by atoms with Gasteiger partial charge in [-0.1, -0.05) is 13.8 Å². The summed E-state index contributed by atoms with van der Waals surface area (Å²) < 4.78 is 5.64. The van der Waals surface area contributed by atoms with Crippen LogP contribution in [0.3, 0.4) is 0 Å². The minimum absolute atomic E-state index is 0.00254. The molecule has 0 fully saturated rings. The number of hydrogen-bond acceptors (Lipinski definition) is 4. The highest BCUT2D eigenvalue weighted by atomic mass is 16.6. The summed E-state index contributed by atoms with van der Waals surface area (Å²) >= 11 is 0. The fraction of sp³-hybridized carbons (Fsp3) is 0.235. The van der Waals surface area contributed by atoms with Crippen molar-refractivity contribution in [1.29, 1.82) is 0 Å². The molecule has 0 aliphatic rings. The third kappa shape index (κ3) is 4.54. The number of non-ortho nitro benzene ring substituents is 1. The Balaban J connectivity index is 0.00000127. The van der Waals surface area contributed by atoms with Crippen molar-refractivity contribution >= 4 is 11.7 Å². The molecule has 0 saturated carbocycles. The quantitative estimate of drug-likeness (QED) is 0.650. The molecule has 0 aliphatic carbocycles. The lowest BCUT2D eigenvalue weighted by Gasteiger charge is -2.10. The number of carbonyl (C=O) groups is 1. The Labute approximate surface area is 134 Å². The number of nitro benzene ring substituents is 1. The van der Waals surface area contributed by atoms with E-state index in [9.17, 15) is 14.9 Å². The Morgan fingerprint density at radius 1 is 1.09 bits per heavy atom. The molecule has 2 rings (SSSR count). The first-order valence-corrected chi connectivity index (χ1v) is 7.15. The van der Waals surface area contributed by atoms with Gasteiger partial charge in [0.15, 0.2) is 0 Å². The third-order valence-corrected chi connectivity index (χ3v) is 3.03. The van der Waals surface area contributed by atoms with Gasteiger partial charge in [0.25, 0.3) is 5.69 Å². The number of rotatable bonds is 4. The fourth-order valence-electron chi connectivity index (χ4n) is 1.93. The van der Waals surface area contributed by atoms with Gasteiger partial charge in [-0.2, -0.15) is 0 Å². The molecular formula is C17H19NO5. The van der Waals surface area contributed by atoms with Crippen LogP contribution in [0, 0.1) is 24.0 Å². The van der Waals surface area contributed by atoms with Gasteiger partial charge in [0.05, 0.1) is 10.5 Å². The van der Waals surface area contributed by atoms with Crippen LogP contribution in [0.5, 0.6) is 11.5 Å². The maximum atomic E-state index is 10.9. The predicted molar refractivity (Wildman–Crippen MR) is 87.4 cm³/mol. The van der Waals surface area contributed by atoms with E-state index in [1.165, 1.54) is 24.3 Å². The lowest BCUT2D eigenvalue weighted by Crippen LogP contribution is -1.99. The second-order valence-electron chi connectivity index (χ2n) is 4.59. The number of aryl methyl sites for hydroxylation is 2. The number of hydrogen-bond donors (Lipinski definition) is 1. The van der Waals surface area contributed by atoms with Crippen molar-refractivity contribution in [3.05, 3.63) is 63.2 Å². The largest absolute Gasteiger partial charge is 0.478 e. The van der Waals surface area contributed by atoms with Crippen LogP contribution in [0.1, 0.15) is 35.3 Å². The average Bonchev–Trinajstić information content (AvgIpc) is 2.51. The molecule has 6 heteroatoms. The Morgan fingerprint density at radius 2 is 1.74 bits per heavy atom. The first kappa shape index (κ1) is 18.2. The number of carboxylic acid groups (broad SMARTS) is 1. The van der Waals surface area contributed by atoms with E-state index < -0.39 is 10.9 Å². The number of aromatic carboxylic acids is 1. The zero-order valence-electron chi connectivity index (χ0n) is 13.5. The van der Waals surface area contributed by atoms with Crippen LogP contribution in [0.2, 0.25) is 0 Å². The molecule has 0 radical (unpaired) electrons. The molecule has 1 N–H and O–H groups in total. The number of nitrogens with zero attached hydrogens (tertiary/aromatic N) is 1. The van der Waals surface area contributed by atoms with Gasteiger partial charge < -0.3 is 9.84 Å². The summed E-state index contributed by atoms with van der Waals surface area (Å²) in [5.74, 6) is -0.0249. The molecule has 0 heterocycles. The van der Waals surface area contributed by atoms with Crippen LogP contribution in [0.25, 0.3) is 0 Å². The molecule has 2 aromatic carbocycles. The second-order valence-corrected chi connectivity index (χ2v) is 4.59. The van der Waals surface area contributed by atoms with Crippen LogP contribution in [0.15, 0.2) is 36.4 Å². The Morgan fingerprint density at radius 3 is 2.22 bits per heavy atom. The molecule has 6 nitrogen and oxygen atoms in total. The van der Waals surface area contributed by atoms with E-state index in [0.717, 1.165) is 0 Å². The highest BCUT2D eigenvalue weighted by molar-refractivity contribution is 5.89. The van der Waals surface area contributed by atoms with Gasteiger partial charge in [0.2, 0.25) is 0 Å². The van der Waals surface area contributed by atoms with Crippen molar-refractivity contribution in [2.45, 2.75) is 27.7 Å². The smallest absolute Gasteiger partial charge is 0.335 e. The van der Waals surface area contributed by atoms with Gasteiger partial charge in [0, 0.05) is 12.1 Å². The van der Waals surface area contributed by atoms with Gasteiger partial charge in [-0.05, 0) is 49.2 Å². The summed E-state index contributed by atoms with van der Waals surface area (Å²) in [6.07, 6.45) is 0. The molecule has 0 spiro atoms. The zero-order valence-corrected chi connectivity index (χ0v) is 13.5. The molecule has 0 amide bonds. The van der Waals surface area contributed by atoms with Crippen molar-refractivity contribution in [2.24, 2.45) is 0 Å². The van der Waals surface area contributed by atoms with E-state index in [0.29, 0.717) is 22.6 Å².